The molecule has 134 valence electrons. The second kappa shape index (κ2) is 7.83. The van der Waals surface area contributed by atoms with Crippen molar-refractivity contribution in [1.82, 2.24) is 14.5 Å². The zero-order valence-electron chi connectivity index (χ0n) is 15.1. The quantitative estimate of drug-likeness (QED) is 0.879. The molecule has 0 bridgehead atoms. The summed E-state index contributed by atoms with van der Waals surface area (Å²) in [7, 11) is 0. The molecule has 5 nitrogen and oxygen atoms in total. The van der Waals surface area contributed by atoms with Crippen LogP contribution in [0.2, 0.25) is 0 Å². The molecule has 1 atom stereocenters. The Hall–Kier alpha value is -2.14. The fourth-order valence-electron chi connectivity index (χ4n) is 3.80. The molecule has 0 aromatic carbocycles. The number of likely N-dealkylation sites (tertiary alicyclic amines) is 1. The molecule has 0 radical (unpaired) electrons. The Balaban J connectivity index is 1.80. The van der Waals surface area contributed by atoms with Crippen molar-refractivity contribution in [2.24, 2.45) is 0 Å². The normalized spacial score (nSPS) is 17.2. The first-order valence-electron chi connectivity index (χ1n) is 9.10. The number of nitrogens with zero attached hydrogens (tertiary/aromatic N) is 3. The number of aryl methyl sites for hydroxylation is 1. The highest BCUT2D eigenvalue weighted by atomic mass is 16.3. The van der Waals surface area contributed by atoms with Gasteiger partial charge in [0.2, 0.25) is 0 Å². The van der Waals surface area contributed by atoms with Gasteiger partial charge in [0, 0.05) is 36.8 Å². The molecule has 0 spiro atoms. The summed E-state index contributed by atoms with van der Waals surface area (Å²) in [4.78, 5) is 19.5. The van der Waals surface area contributed by atoms with Crippen molar-refractivity contribution in [3.8, 4) is 0 Å². The van der Waals surface area contributed by atoms with Crippen LogP contribution in [-0.4, -0.2) is 44.7 Å². The summed E-state index contributed by atoms with van der Waals surface area (Å²) in [6.45, 7) is 5.75. The first-order valence-corrected chi connectivity index (χ1v) is 9.10. The summed E-state index contributed by atoms with van der Waals surface area (Å²) >= 11 is 0. The lowest BCUT2D eigenvalue weighted by Gasteiger charge is -2.24. The molecule has 5 heteroatoms. The maximum atomic E-state index is 13.1. The highest BCUT2D eigenvalue weighted by molar-refractivity contribution is 5.96. The van der Waals surface area contributed by atoms with Crippen molar-refractivity contribution in [3.63, 3.8) is 0 Å². The van der Waals surface area contributed by atoms with E-state index < -0.39 is 0 Å². The largest absolute Gasteiger partial charge is 0.396 e. The molecule has 1 amide bonds. The zero-order valence-corrected chi connectivity index (χ0v) is 15.1. The lowest BCUT2D eigenvalue weighted by molar-refractivity contribution is 0.0723. The van der Waals surface area contributed by atoms with Gasteiger partial charge in [0.05, 0.1) is 17.8 Å². The van der Waals surface area contributed by atoms with Crippen molar-refractivity contribution in [1.29, 1.82) is 0 Å². The van der Waals surface area contributed by atoms with Crippen LogP contribution in [-0.2, 0) is 6.54 Å². The van der Waals surface area contributed by atoms with Crippen LogP contribution >= 0.6 is 0 Å². The first kappa shape index (κ1) is 17.7. The fourth-order valence-corrected chi connectivity index (χ4v) is 3.80. The van der Waals surface area contributed by atoms with E-state index in [1.54, 1.807) is 6.20 Å². The zero-order chi connectivity index (χ0) is 17.8. The molecule has 1 aliphatic rings. The van der Waals surface area contributed by atoms with Crippen molar-refractivity contribution in [2.75, 3.05) is 13.2 Å². The molecule has 3 rings (SSSR count). The highest BCUT2D eigenvalue weighted by Gasteiger charge is 2.30. The van der Waals surface area contributed by atoms with Crippen LogP contribution in [0.1, 0.15) is 53.1 Å². The van der Waals surface area contributed by atoms with E-state index in [0.717, 1.165) is 54.9 Å². The van der Waals surface area contributed by atoms with Crippen LogP contribution in [0.4, 0.5) is 0 Å². The second-order valence-electron chi connectivity index (χ2n) is 6.85. The van der Waals surface area contributed by atoms with Crippen molar-refractivity contribution < 1.29 is 9.90 Å². The summed E-state index contributed by atoms with van der Waals surface area (Å²) in [6, 6.07) is 8.17. The Morgan fingerprint density at radius 1 is 1.36 bits per heavy atom. The van der Waals surface area contributed by atoms with Crippen LogP contribution in [0.25, 0.3) is 0 Å². The minimum absolute atomic E-state index is 0.126. The van der Waals surface area contributed by atoms with Crippen molar-refractivity contribution in [2.45, 2.75) is 52.1 Å². The molecular formula is C20H27N3O2. The van der Waals surface area contributed by atoms with Gasteiger partial charge in [0.25, 0.3) is 5.91 Å². The van der Waals surface area contributed by atoms with Gasteiger partial charge in [-0.2, -0.15) is 0 Å². The molecule has 1 saturated heterocycles. The highest BCUT2D eigenvalue weighted by Crippen LogP contribution is 2.26. The number of carbonyl (C=O) groups is 1. The molecule has 1 aliphatic heterocycles. The molecule has 0 aliphatic carbocycles. The van der Waals surface area contributed by atoms with E-state index in [2.05, 4.69) is 9.55 Å². The Morgan fingerprint density at radius 2 is 2.20 bits per heavy atom. The molecule has 25 heavy (non-hydrogen) atoms. The molecular weight excluding hydrogens is 314 g/mol. The third-order valence-electron chi connectivity index (χ3n) is 5.18. The second-order valence-corrected chi connectivity index (χ2v) is 6.85. The van der Waals surface area contributed by atoms with Gasteiger partial charge in [-0.3, -0.25) is 9.78 Å². The Labute approximate surface area is 149 Å². The molecule has 1 unspecified atom stereocenters. The van der Waals surface area contributed by atoms with Gasteiger partial charge in [-0.05, 0) is 57.7 Å². The first-order chi connectivity index (χ1) is 12.1. The molecule has 0 saturated carbocycles. The van der Waals surface area contributed by atoms with Crippen molar-refractivity contribution >= 4 is 5.91 Å². The van der Waals surface area contributed by atoms with Gasteiger partial charge in [0.15, 0.2) is 0 Å². The molecule has 2 aromatic rings. The number of amides is 1. The van der Waals surface area contributed by atoms with Crippen LogP contribution < -0.4 is 0 Å². The van der Waals surface area contributed by atoms with Crippen LogP contribution in [0, 0.1) is 13.8 Å². The minimum Gasteiger partial charge on any atom is -0.396 e. The number of aliphatic hydroxyl groups is 1. The average molecular weight is 341 g/mol. The minimum atomic E-state index is 0.126. The van der Waals surface area contributed by atoms with Crippen LogP contribution in [0.3, 0.4) is 0 Å². The third-order valence-corrected chi connectivity index (χ3v) is 5.18. The summed E-state index contributed by atoms with van der Waals surface area (Å²) in [5.74, 6) is 0.126. The van der Waals surface area contributed by atoms with E-state index >= 15 is 0 Å². The van der Waals surface area contributed by atoms with Gasteiger partial charge >= 0.3 is 0 Å². The van der Waals surface area contributed by atoms with E-state index in [1.165, 1.54) is 0 Å². The number of aromatic nitrogens is 2. The van der Waals surface area contributed by atoms with Crippen LogP contribution in [0.15, 0.2) is 30.5 Å². The topological polar surface area (TPSA) is 58.4 Å². The molecule has 2 aromatic heterocycles. The average Bonchev–Trinajstić information content (AvgIpc) is 3.20. The monoisotopic (exact) mass is 341 g/mol. The number of carbonyl (C=O) groups excluding carboxylic acids is 1. The van der Waals surface area contributed by atoms with E-state index in [0.29, 0.717) is 6.54 Å². The number of aliphatic hydroxyl groups excluding tert-OH is 1. The standard InChI is InChI=1S/C20H27N3O2/c1-15-13-19(16(2)23(15)14-17-7-3-4-10-21-17)20(25)22-11-5-8-18(22)9-6-12-24/h3-4,7,10,13,18,24H,5-6,8-9,11-12,14H2,1-2H3. The number of pyridine rings is 1. The maximum absolute atomic E-state index is 13.1. The van der Waals surface area contributed by atoms with Gasteiger partial charge in [0.1, 0.15) is 0 Å². The predicted molar refractivity (Wildman–Crippen MR) is 97.6 cm³/mol. The van der Waals surface area contributed by atoms with Gasteiger partial charge in [-0.1, -0.05) is 6.07 Å². The Kier molecular flexibility index (Phi) is 5.53. The van der Waals surface area contributed by atoms with Gasteiger partial charge in [-0.15, -0.1) is 0 Å². The summed E-state index contributed by atoms with van der Waals surface area (Å²) in [6.07, 6.45) is 5.53. The Morgan fingerprint density at radius 3 is 2.92 bits per heavy atom. The SMILES string of the molecule is Cc1cc(C(=O)N2CCCC2CCCO)c(C)n1Cc1ccccn1. The summed E-state index contributed by atoms with van der Waals surface area (Å²) in [5, 5.41) is 9.08. The van der Waals surface area contributed by atoms with Crippen LogP contribution in [0.5, 0.6) is 0 Å². The fraction of sp³-hybridized carbons (Fsp3) is 0.500. The predicted octanol–water partition coefficient (Wildman–Crippen LogP) is 2.93. The van der Waals surface area contributed by atoms with Gasteiger partial charge in [-0.25, -0.2) is 0 Å². The summed E-state index contributed by atoms with van der Waals surface area (Å²) < 4.78 is 2.16. The third kappa shape index (κ3) is 3.76. The van der Waals surface area contributed by atoms with E-state index in [1.807, 2.05) is 43.0 Å². The van der Waals surface area contributed by atoms with E-state index in [4.69, 9.17) is 5.11 Å². The van der Waals surface area contributed by atoms with Gasteiger partial charge < -0.3 is 14.6 Å². The lowest BCUT2D eigenvalue weighted by Crippen LogP contribution is -2.35. The Bertz CT molecular complexity index is 724. The smallest absolute Gasteiger partial charge is 0.255 e. The lowest BCUT2D eigenvalue weighted by atomic mass is 10.1. The van der Waals surface area contributed by atoms with E-state index in [9.17, 15) is 4.79 Å². The number of rotatable bonds is 6. The van der Waals surface area contributed by atoms with E-state index in [-0.39, 0.29) is 18.6 Å². The molecule has 3 heterocycles. The number of hydrogen-bond donors (Lipinski definition) is 1. The molecule has 1 N–H and O–H groups in total. The summed E-state index contributed by atoms with van der Waals surface area (Å²) in [5.41, 5.74) is 3.87. The number of hydrogen-bond acceptors (Lipinski definition) is 3. The molecule has 1 fully saturated rings. The maximum Gasteiger partial charge on any atom is 0.255 e. The van der Waals surface area contributed by atoms with Crippen molar-refractivity contribution in [3.05, 3.63) is 53.1 Å².